The Bertz CT molecular complexity index is 671. The summed E-state index contributed by atoms with van der Waals surface area (Å²) in [7, 11) is 0. The molecular formula is C13H8BrCl2NOS. The van der Waals surface area contributed by atoms with Gasteiger partial charge in [-0.25, -0.2) is 0 Å². The first-order valence-corrected chi connectivity index (χ1v) is 8.10. The molecule has 0 saturated carbocycles. The zero-order chi connectivity index (χ0) is 13.6. The molecule has 2 heterocycles. The van der Waals surface area contributed by atoms with Crippen LogP contribution in [0.3, 0.4) is 0 Å². The highest BCUT2D eigenvalue weighted by Gasteiger charge is 2.24. The van der Waals surface area contributed by atoms with Crippen molar-refractivity contribution in [3.05, 3.63) is 49.6 Å². The smallest absolute Gasteiger partial charge is 0.228 e. The number of hydrogen-bond acceptors (Lipinski definition) is 2. The number of alkyl halides is 1. The van der Waals surface area contributed by atoms with E-state index in [1.807, 2.05) is 17.5 Å². The molecule has 0 spiro atoms. The van der Waals surface area contributed by atoms with Gasteiger partial charge in [0.15, 0.2) is 0 Å². The first-order chi connectivity index (χ1) is 9.06. The Labute approximate surface area is 132 Å². The van der Waals surface area contributed by atoms with Gasteiger partial charge in [0.2, 0.25) is 5.91 Å². The minimum atomic E-state index is -0.0616. The lowest BCUT2D eigenvalue weighted by Gasteiger charge is -2.13. The summed E-state index contributed by atoms with van der Waals surface area (Å²) >= 11 is 17.7. The van der Waals surface area contributed by atoms with Gasteiger partial charge in [0.1, 0.15) is 0 Å². The van der Waals surface area contributed by atoms with Crippen molar-refractivity contribution in [1.29, 1.82) is 0 Å². The molecule has 0 bridgehead atoms. The molecule has 1 atom stereocenters. The molecule has 1 amide bonds. The van der Waals surface area contributed by atoms with Crippen LogP contribution in [-0.2, 0) is 11.2 Å². The summed E-state index contributed by atoms with van der Waals surface area (Å²) in [5, 5.41) is 6.07. The molecule has 19 heavy (non-hydrogen) atoms. The van der Waals surface area contributed by atoms with Crippen molar-refractivity contribution >= 4 is 62.1 Å². The van der Waals surface area contributed by atoms with Crippen LogP contribution in [0.1, 0.15) is 20.8 Å². The monoisotopic (exact) mass is 375 g/mol. The topological polar surface area (TPSA) is 29.1 Å². The second kappa shape index (κ2) is 5.09. The highest BCUT2D eigenvalue weighted by Crippen LogP contribution is 2.43. The summed E-state index contributed by atoms with van der Waals surface area (Å²) in [6.07, 6.45) is 0.400. The van der Waals surface area contributed by atoms with Gasteiger partial charge in [-0.1, -0.05) is 45.2 Å². The molecule has 1 aromatic carbocycles. The predicted molar refractivity (Wildman–Crippen MR) is 83.9 cm³/mol. The molecule has 0 aliphatic carbocycles. The van der Waals surface area contributed by atoms with Gasteiger partial charge < -0.3 is 5.32 Å². The molecule has 1 aliphatic heterocycles. The number of anilines is 1. The maximum Gasteiger partial charge on any atom is 0.228 e. The van der Waals surface area contributed by atoms with Crippen LogP contribution < -0.4 is 5.32 Å². The second-order valence-electron chi connectivity index (χ2n) is 4.25. The quantitative estimate of drug-likeness (QED) is 0.731. The van der Waals surface area contributed by atoms with E-state index in [0.29, 0.717) is 11.4 Å². The molecule has 1 aromatic heterocycles. The van der Waals surface area contributed by atoms with Crippen LogP contribution in [0.2, 0.25) is 10.0 Å². The summed E-state index contributed by atoms with van der Waals surface area (Å²) < 4.78 is 0. The predicted octanol–water partition coefficient (Wildman–Crippen LogP) is 5.03. The molecule has 0 saturated heterocycles. The average Bonchev–Trinajstić information content (AvgIpc) is 2.92. The molecule has 0 radical (unpaired) electrons. The molecule has 6 heteroatoms. The Hall–Kier alpha value is -0.550. The van der Waals surface area contributed by atoms with Crippen molar-refractivity contribution in [2.24, 2.45) is 0 Å². The summed E-state index contributed by atoms with van der Waals surface area (Å²) in [6.45, 7) is 0. The van der Waals surface area contributed by atoms with Crippen molar-refractivity contribution < 1.29 is 4.79 Å². The molecule has 2 aromatic rings. The molecule has 3 rings (SSSR count). The molecule has 1 N–H and O–H groups in total. The van der Waals surface area contributed by atoms with Crippen LogP contribution in [0.25, 0.3) is 0 Å². The van der Waals surface area contributed by atoms with Gasteiger partial charge in [0, 0.05) is 15.6 Å². The van der Waals surface area contributed by atoms with Crippen molar-refractivity contribution in [3.8, 4) is 0 Å². The van der Waals surface area contributed by atoms with Crippen LogP contribution >= 0.6 is 50.5 Å². The number of carbonyl (C=O) groups excluding carboxylic acids is 1. The first kappa shape index (κ1) is 13.4. The normalized spacial score (nSPS) is 15.2. The third kappa shape index (κ3) is 2.42. The van der Waals surface area contributed by atoms with Crippen LogP contribution in [0.5, 0.6) is 0 Å². The molecule has 0 fully saturated rings. The Kier molecular flexibility index (Phi) is 3.60. The highest BCUT2D eigenvalue weighted by atomic mass is 79.9. The van der Waals surface area contributed by atoms with Gasteiger partial charge >= 0.3 is 0 Å². The summed E-state index contributed by atoms with van der Waals surface area (Å²) in [5.41, 5.74) is 2.71. The van der Waals surface area contributed by atoms with E-state index < -0.39 is 0 Å². The number of halogens is 3. The fraction of sp³-hybridized carbons (Fsp3) is 0.154. The zero-order valence-corrected chi connectivity index (χ0v) is 13.5. The summed E-state index contributed by atoms with van der Waals surface area (Å²) in [4.78, 5) is 12.3. The third-order valence-electron chi connectivity index (χ3n) is 3.00. The van der Waals surface area contributed by atoms with Crippen LogP contribution in [0.4, 0.5) is 5.69 Å². The van der Waals surface area contributed by atoms with Crippen LogP contribution in [-0.4, -0.2) is 5.91 Å². The number of benzene rings is 1. The minimum absolute atomic E-state index is 0.00324. The Balaban J connectivity index is 2.05. The molecule has 2 nitrogen and oxygen atoms in total. The largest absolute Gasteiger partial charge is 0.325 e. The van der Waals surface area contributed by atoms with Crippen LogP contribution in [0.15, 0.2) is 23.6 Å². The molecule has 1 aliphatic rings. The summed E-state index contributed by atoms with van der Waals surface area (Å²) in [5.74, 6) is 0.00324. The van der Waals surface area contributed by atoms with Gasteiger partial charge in [0.05, 0.1) is 16.3 Å². The Morgan fingerprint density at radius 1 is 1.32 bits per heavy atom. The fourth-order valence-corrected chi connectivity index (χ4v) is 4.73. The van der Waals surface area contributed by atoms with Gasteiger partial charge in [0.25, 0.3) is 0 Å². The zero-order valence-electron chi connectivity index (χ0n) is 9.54. The van der Waals surface area contributed by atoms with Gasteiger partial charge in [-0.3, -0.25) is 4.79 Å². The van der Waals surface area contributed by atoms with Crippen molar-refractivity contribution in [3.63, 3.8) is 0 Å². The highest BCUT2D eigenvalue weighted by molar-refractivity contribution is 9.09. The van der Waals surface area contributed by atoms with E-state index in [1.54, 1.807) is 17.4 Å². The minimum Gasteiger partial charge on any atom is -0.325 e. The van der Waals surface area contributed by atoms with Crippen molar-refractivity contribution in [1.82, 2.24) is 0 Å². The fourth-order valence-electron chi connectivity index (χ4n) is 2.09. The number of carbonyl (C=O) groups is 1. The van der Waals surface area contributed by atoms with E-state index in [4.69, 9.17) is 23.2 Å². The maximum absolute atomic E-state index is 11.4. The SMILES string of the molecule is O=C1Cc2cc(C(Br)c3sccc3Cl)c(Cl)cc2N1. The molecular weight excluding hydrogens is 369 g/mol. The van der Waals surface area contributed by atoms with Gasteiger partial charge in [-0.2, -0.15) is 0 Å². The lowest BCUT2D eigenvalue weighted by Crippen LogP contribution is -2.03. The van der Waals surface area contributed by atoms with E-state index in [0.717, 1.165) is 26.7 Å². The average molecular weight is 377 g/mol. The Morgan fingerprint density at radius 3 is 2.79 bits per heavy atom. The van der Waals surface area contributed by atoms with Gasteiger partial charge in [-0.05, 0) is 28.6 Å². The number of thiophene rings is 1. The number of amides is 1. The lowest BCUT2D eigenvalue weighted by molar-refractivity contribution is -0.115. The van der Waals surface area contributed by atoms with E-state index in [2.05, 4.69) is 21.2 Å². The van der Waals surface area contributed by atoms with Crippen molar-refractivity contribution in [2.45, 2.75) is 11.2 Å². The number of fused-ring (bicyclic) bond motifs is 1. The van der Waals surface area contributed by atoms with Crippen LogP contribution in [0, 0.1) is 0 Å². The number of hydrogen-bond donors (Lipinski definition) is 1. The molecule has 98 valence electrons. The Morgan fingerprint density at radius 2 is 2.11 bits per heavy atom. The first-order valence-electron chi connectivity index (χ1n) is 5.55. The van der Waals surface area contributed by atoms with Crippen molar-refractivity contribution in [2.75, 3.05) is 5.32 Å². The number of rotatable bonds is 2. The van der Waals surface area contributed by atoms with E-state index in [-0.39, 0.29) is 10.7 Å². The maximum atomic E-state index is 11.4. The lowest BCUT2D eigenvalue weighted by atomic mass is 10.0. The molecule has 1 unspecified atom stereocenters. The van der Waals surface area contributed by atoms with E-state index in [1.165, 1.54) is 0 Å². The van der Waals surface area contributed by atoms with Gasteiger partial charge in [-0.15, -0.1) is 11.3 Å². The third-order valence-corrected chi connectivity index (χ3v) is 6.00. The standard InChI is InChI=1S/C13H8BrCl2NOS/c14-12(13-8(15)1-2-19-13)7-3-6-4-11(18)17-10(6)5-9(7)16/h1-3,5,12H,4H2,(H,17,18). The van der Waals surface area contributed by atoms with E-state index in [9.17, 15) is 4.79 Å². The van der Waals surface area contributed by atoms with E-state index >= 15 is 0 Å². The number of nitrogens with one attached hydrogen (secondary N) is 1. The second-order valence-corrected chi connectivity index (χ2v) is 6.93. The summed E-state index contributed by atoms with van der Waals surface area (Å²) in [6, 6.07) is 5.63.